The summed E-state index contributed by atoms with van der Waals surface area (Å²) in [5, 5.41) is 0. The first-order valence-corrected chi connectivity index (χ1v) is 12.7. The summed E-state index contributed by atoms with van der Waals surface area (Å²) < 4.78 is 8.54. The maximum Gasteiger partial charge on any atom is 0.137 e. The average Bonchev–Trinajstić information content (AvgIpc) is 2.73. The minimum Gasteiger partial charge on any atom is -0.488 e. The molecular formula is C27H46N2O+2. The van der Waals surface area contributed by atoms with Gasteiger partial charge in [0.15, 0.2) is 0 Å². The van der Waals surface area contributed by atoms with Crippen LogP contribution in [0.1, 0.15) is 69.9 Å². The summed E-state index contributed by atoms with van der Waals surface area (Å²) in [5.74, 6) is 3.64. The minimum absolute atomic E-state index is 0.476. The Morgan fingerprint density at radius 3 is 2.63 bits per heavy atom. The molecule has 30 heavy (non-hydrogen) atoms. The Morgan fingerprint density at radius 1 is 1.13 bits per heavy atom. The Bertz CT molecular complexity index is 753. The number of likely N-dealkylation sites (N-methyl/N-ethyl adjacent to an activating group) is 1. The van der Waals surface area contributed by atoms with Gasteiger partial charge in [0, 0.05) is 12.3 Å². The van der Waals surface area contributed by atoms with Crippen LogP contribution in [0.3, 0.4) is 0 Å². The molecule has 2 aliphatic carbocycles. The number of ether oxygens (including phenoxy) is 1. The maximum absolute atomic E-state index is 6.22. The topological polar surface area (TPSA) is 9.23 Å². The van der Waals surface area contributed by atoms with Gasteiger partial charge in [-0.05, 0) is 88.0 Å². The Morgan fingerprint density at radius 2 is 1.90 bits per heavy atom. The van der Waals surface area contributed by atoms with Gasteiger partial charge >= 0.3 is 0 Å². The van der Waals surface area contributed by atoms with Crippen LogP contribution in [0.4, 0.5) is 0 Å². The van der Waals surface area contributed by atoms with Crippen LogP contribution in [0.5, 0.6) is 5.75 Å². The second kappa shape index (κ2) is 8.13. The zero-order valence-electron chi connectivity index (χ0n) is 20.5. The fourth-order valence-corrected chi connectivity index (χ4v) is 7.11. The predicted molar refractivity (Wildman–Crippen MR) is 126 cm³/mol. The standard InChI is InChI=1S/C27H46N2O/c1-7-29(6,8-2)18-19-30-22-12-14-23-21(20-22)11-13-25-24(23)15-16-27(3)26(25)10-9-17-28(27,4)5/h12,14,20,24-26H,7-11,13,15-19H2,1-6H3/q+2/t24-,25-,26+,27+/m1/s1. The molecule has 3 nitrogen and oxygen atoms in total. The Hall–Kier alpha value is -1.06. The Balaban J connectivity index is 1.47. The lowest BCUT2D eigenvalue weighted by Crippen LogP contribution is -2.67. The van der Waals surface area contributed by atoms with E-state index in [0.29, 0.717) is 5.54 Å². The molecule has 4 rings (SSSR count). The van der Waals surface area contributed by atoms with Crippen molar-refractivity contribution in [2.45, 2.75) is 70.8 Å². The van der Waals surface area contributed by atoms with Crippen molar-refractivity contribution in [3.63, 3.8) is 0 Å². The number of benzene rings is 1. The van der Waals surface area contributed by atoms with Gasteiger partial charge in [0.2, 0.25) is 0 Å². The smallest absolute Gasteiger partial charge is 0.137 e. The summed E-state index contributed by atoms with van der Waals surface area (Å²) in [6.45, 7) is 12.8. The van der Waals surface area contributed by atoms with E-state index in [1.54, 1.807) is 11.1 Å². The summed E-state index contributed by atoms with van der Waals surface area (Å²) in [7, 11) is 7.32. The molecule has 0 aromatic heterocycles. The molecule has 1 saturated carbocycles. The van der Waals surface area contributed by atoms with Gasteiger partial charge in [-0.1, -0.05) is 6.07 Å². The van der Waals surface area contributed by atoms with Crippen molar-refractivity contribution in [2.75, 3.05) is 53.9 Å². The fourth-order valence-electron chi connectivity index (χ4n) is 7.11. The van der Waals surface area contributed by atoms with Gasteiger partial charge in [-0.25, -0.2) is 0 Å². The molecule has 0 unspecified atom stereocenters. The molecule has 3 aliphatic rings. The zero-order chi connectivity index (χ0) is 21.6. The molecule has 168 valence electrons. The highest BCUT2D eigenvalue weighted by molar-refractivity contribution is 5.40. The predicted octanol–water partition coefficient (Wildman–Crippen LogP) is 5.24. The van der Waals surface area contributed by atoms with E-state index in [4.69, 9.17) is 4.74 Å². The summed E-state index contributed by atoms with van der Waals surface area (Å²) in [4.78, 5) is 0. The van der Waals surface area contributed by atoms with Crippen LogP contribution in [0, 0.1) is 11.8 Å². The summed E-state index contributed by atoms with van der Waals surface area (Å²) in [6, 6.07) is 7.07. The molecule has 0 N–H and O–H groups in total. The largest absolute Gasteiger partial charge is 0.488 e. The number of hydrogen-bond acceptors (Lipinski definition) is 1. The normalized spacial score (nSPS) is 32.7. The molecule has 0 spiro atoms. The van der Waals surface area contributed by atoms with E-state index < -0.39 is 0 Å². The van der Waals surface area contributed by atoms with Crippen molar-refractivity contribution < 1.29 is 13.7 Å². The van der Waals surface area contributed by atoms with Crippen LogP contribution >= 0.6 is 0 Å². The van der Waals surface area contributed by atoms with Gasteiger partial charge in [0.05, 0.1) is 46.3 Å². The number of likely N-dealkylation sites (tertiary alicyclic amines) is 1. The molecule has 1 aromatic rings. The van der Waals surface area contributed by atoms with E-state index in [1.165, 1.54) is 62.6 Å². The molecule has 3 heteroatoms. The van der Waals surface area contributed by atoms with E-state index in [0.717, 1.165) is 41.1 Å². The molecule has 1 aromatic carbocycles. The van der Waals surface area contributed by atoms with Gasteiger partial charge in [-0.3, -0.25) is 0 Å². The van der Waals surface area contributed by atoms with Crippen molar-refractivity contribution >= 4 is 0 Å². The van der Waals surface area contributed by atoms with Crippen LogP contribution in [0.15, 0.2) is 18.2 Å². The molecule has 1 aliphatic heterocycles. The molecule has 0 amide bonds. The Kier molecular flexibility index (Phi) is 6.00. The number of piperidine rings is 1. The second-order valence-electron chi connectivity index (χ2n) is 11.5. The maximum atomic E-state index is 6.22. The fraction of sp³-hybridized carbons (Fsp3) is 0.778. The minimum atomic E-state index is 0.476. The first-order valence-electron chi connectivity index (χ1n) is 12.7. The van der Waals surface area contributed by atoms with Gasteiger partial charge in [0.1, 0.15) is 18.9 Å². The van der Waals surface area contributed by atoms with Crippen molar-refractivity contribution in [3.8, 4) is 5.75 Å². The monoisotopic (exact) mass is 414 g/mol. The van der Waals surface area contributed by atoms with E-state index in [1.807, 2.05) is 0 Å². The van der Waals surface area contributed by atoms with Gasteiger partial charge in [-0.15, -0.1) is 0 Å². The van der Waals surface area contributed by atoms with Crippen LogP contribution in [-0.2, 0) is 6.42 Å². The highest BCUT2D eigenvalue weighted by Gasteiger charge is 2.57. The van der Waals surface area contributed by atoms with Crippen LogP contribution in [0.2, 0.25) is 0 Å². The van der Waals surface area contributed by atoms with E-state index >= 15 is 0 Å². The van der Waals surface area contributed by atoms with Crippen LogP contribution in [-0.4, -0.2) is 68.4 Å². The number of quaternary nitrogens is 2. The lowest BCUT2D eigenvalue weighted by Gasteiger charge is -2.60. The van der Waals surface area contributed by atoms with Crippen LogP contribution < -0.4 is 4.74 Å². The first kappa shape index (κ1) is 22.1. The SMILES string of the molecule is CC[N+](C)(CC)CCOc1ccc2c(c1)CC[C@@H]1[C@@H]2CC[C@@]2(C)[C@H]1CCC[N+]2(C)C. The van der Waals surface area contributed by atoms with E-state index in [2.05, 4.69) is 60.1 Å². The lowest BCUT2D eigenvalue weighted by atomic mass is 9.54. The van der Waals surface area contributed by atoms with E-state index in [9.17, 15) is 0 Å². The first-order chi connectivity index (χ1) is 14.2. The number of nitrogens with zero attached hydrogens (tertiary/aromatic N) is 2. The Labute approximate surface area is 185 Å². The average molecular weight is 415 g/mol. The van der Waals surface area contributed by atoms with Gasteiger partial charge in [-0.2, -0.15) is 0 Å². The second-order valence-corrected chi connectivity index (χ2v) is 11.5. The third kappa shape index (κ3) is 3.71. The quantitative estimate of drug-likeness (QED) is 0.579. The van der Waals surface area contributed by atoms with Crippen molar-refractivity contribution in [3.05, 3.63) is 29.3 Å². The number of hydrogen-bond donors (Lipinski definition) is 0. The van der Waals surface area contributed by atoms with Crippen molar-refractivity contribution in [1.82, 2.24) is 0 Å². The molecule has 1 saturated heterocycles. The number of rotatable bonds is 6. The third-order valence-corrected chi connectivity index (χ3v) is 10.1. The molecule has 4 atom stereocenters. The molecule has 2 fully saturated rings. The highest BCUT2D eigenvalue weighted by atomic mass is 16.5. The lowest BCUT2D eigenvalue weighted by molar-refractivity contribution is -0.952. The van der Waals surface area contributed by atoms with Crippen molar-refractivity contribution in [2.24, 2.45) is 11.8 Å². The molecule has 0 bridgehead atoms. The molecule has 1 heterocycles. The number of fused-ring (bicyclic) bond motifs is 5. The highest BCUT2D eigenvalue weighted by Crippen LogP contribution is 2.57. The van der Waals surface area contributed by atoms with Gasteiger partial charge in [0.25, 0.3) is 0 Å². The molecular weight excluding hydrogens is 368 g/mol. The van der Waals surface area contributed by atoms with Crippen LogP contribution in [0.25, 0.3) is 0 Å². The summed E-state index contributed by atoms with van der Waals surface area (Å²) in [5.41, 5.74) is 3.70. The summed E-state index contributed by atoms with van der Waals surface area (Å²) in [6.07, 6.45) is 8.22. The van der Waals surface area contributed by atoms with Crippen molar-refractivity contribution in [1.29, 1.82) is 0 Å². The number of aryl methyl sites for hydroxylation is 1. The molecule has 0 radical (unpaired) electrons. The third-order valence-electron chi connectivity index (χ3n) is 10.1. The zero-order valence-corrected chi connectivity index (χ0v) is 20.5. The van der Waals surface area contributed by atoms with E-state index in [-0.39, 0.29) is 0 Å². The summed E-state index contributed by atoms with van der Waals surface area (Å²) >= 11 is 0. The van der Waals surface area contributed by atoms with Gasteiger partial charge < -0.3 is 13.7 Å².